The van der Waals surface area contributed by atoms with Gasteiger partial charge in [-0.05, 0) is 39.2 Å². The molecule has 1 aromatic heterocycles. The maximum Gasteiger partial charge on any atom is 0.321 e. The molecule has 2 fully saturated rings. The third kappa shape index (κ3) is 4.61. The second-order valence-electron chi connectivity index (χ2n) is 7.14. The molecule has 2 N–H and O–H groups in total. The summed E-state index contributed by atoms with van der Waals surface area (Å²) >= 11 is 0. The average molecular weight is 349 g/mol. The predicted molar refractivity (Wildman–Crippen MR) is 93.8 cm³/mol. The van der Waals surface area contributed by atoms with E-state index >= 15 is 0 Å². The van der Waals surface area contributed by atoms with E-state index in [4.69, 9.17) is 9.47 Å². The molecule has 7 nitrogen and oxygen atoms in total. The lowest BCUT2D eigenvalue weighted by atomic mass is 9.83. The first-order chi connectivity index (χ1) is 12.0. The van der Waals surface area contributed by atoms with Crippen molar-refractivity contribution in [2.75, 3.05) is 25.0 Å². The quantitative estimate of drug-likeness (QED) is 0.875. The highest BCUT2D eigenvalue weighted by Crippen LogP contribution is 2.35. The number of pyridine rings is 1. The van der Waals surface area contributed by atoms with Crippen LogP contribution in [0.2, 0.25) is 0 Å². The minimum Gasteiger partial charge on any atom is -0.475 e. The van der Waals surface area contributed by atoms with E-state index in [1.54, 1.807) is 23.2 Å². The van der Waals surface area contributed by atoms with Gasteiger partial charge in [0.2, 0.25) is 5.88 Å². The second kappa shape index (κ2) is 7.58. The first-order valence-electron chi connectivity index (χ1n) is 8.96. The van der Waals surface area contributed by atoms with Crippen molar-refractivity contribution < 1.29 is 19.4 Å². The fourth-order valence-corrected chi connectivity index (χ4v) is 3.46. The minimum atomic E-state index is -0.287. The summed E-state index contributed by atoms with van der Waals surface area (Å²) in [6.07, 6.45) is 4.26. The van der Waals surface area contributed by atoms with Crippen LogP contribution in [0.15, 0.2) is 18.3 Å². The molecule has 2 saturated heterocycles. The number of carbonyl (C=O) groups is 1. The average Bonchev–Trinajstić information content (AvgIpc) is 2.55. The van der Waals surface area contributed by atoms with Gasteiger partial charge in [0.1, 0.15) is 0 Å². The summed E-state index contributed by atoms with van der Waals surface area (Å²) in [5.74, 6) is 0.495. The molecule has 3 rings (SSSR count). The minimum absolute atomic E-state index is 0.0302. The van der Waals surface area contributed by atoms with Crippen LogP contribution in [0.1, 0.15) is 39.5 Å². The van der Waals surface area contributed by atoms with Gasteiger partial charge in [0, 0.05) is 44.1 Å². The van der Waals surface area contributed by atoms with Crippen molar-refractivity contribution in [3.05, 3.63) is 18.3 Å². The van der Waals surface area contributed by atoms with Crippen LogP contribution in [0.5, 0.6) is 5.88 Å². The van der Waals surface area contributed by atoms with Crippen molar-refractivity contribution >= 4 is 11.7 Å². The molecular formula is C18H27N3O4. The SMILES string of the molecule is CC(C)Oc1cc(NC(=O)N2CCC3(CC2)CC(O)CCO3)ccn1. The van der Waals surface area contributed by atoms with E-state index in [0.717, 1.165) is 12.8 Å². The number of anilines is 1. The molecular weight excluding hydrogens is 322 g/mol. The van der Waals surface area contributed by atoms with Crippen LogP contribution < -0.4 is 10.1 Å². The van der Waals surface area contributed by atoms with Crippen LogP contribution in [0.25, 0.3) is 0 Å². The van der Waals surface area contributed by atoms with Gasteiger partial charge < -0.3 is 24.8 Å². The molecule has 7 heteroatoms. The number of nitrogens with one attached hydrogen (secondary N) is 1. The molecule has 0 aliphatic carbocycles. The molecule has 0 saturated carbocycles. The first-order valence-corrected chi connectivity index (χ1v) is 8.96. The number of rotatable bonds is 3. The van der Waals surface area contributed by atoms with Crippen molar-refractivity contribution in [3.63, 3.8) is 0 Å². The van der Waals surface area contributed by atoms with Gasteiger partial charge in [0.05, 0.1) is 17.8 Å². The molecule has 0 bridgehead atoms. The van der Waals surface area contributed by atoms with E-state index in [-0.39, 0.29) is 23.8 Å². The molecule has 1 aromatic rings. The summed E-state index contributed by atoms with van der Waals surface area (Å²) in [7, 11) is 0. The zero-order valence-electron chi connectivity index (χ0n) is 14.9. The number of piperidine rings is 1. The first kappa shape index (κ1) is 17.9. The lowest BCUT2D eigenvalue weighted by Crippen LogP contribution is -2.52. The Kier molecular flexibility index (Phi) is 5.44. The Balaban J connectivity index is 1.54. The fraction of sp³-hybridized carbons (Fsp3) is 0.667. The Morgan fingerprint density at radius 1 is 1.48 bits per heavy atom. The van der Waals surface area contributed by atoms with Gasteiger partial charge in [0.15, 0.2) is 0 Å². The van der Waals surface area contributed by atoms with Gasteiger partial charge in [-0.1, -0.05) is 0 Å². The van der Waals surface area contributed by atoms with Crippen LogP contribution in [0.3, 0.4) is 0 Å². The molecule has 25 heavy (non-hydrogen) atoms. The highest BCUT2D eigenvalue weighted by atomic mass is 16.5. The molecule has 1 atom stereocenters. The van der Waals surface area contributed by atoms with Crippen molar-refractivity contribution in [2.24, 2.45) is 0 Å². The summed E-state index contributed by atoms with van der Waals surface area (Å²) in [5.41, 5.74) is 0.406. The van der Waals surface area contributed by atoms with Crippen molar-refractivity contribution in [3.8, 4) is 5.88 Å². The number of amides is 2. The summed E-state index contributed by atoms with van der Waals surface area (Å²) in [6.45, 7) is 5.71. The lowest BCUT2D eigenvalue weighted by molar-refractivity contribution is -0.139. The Bertz CT molecular complexity index is 600. The van der Waals surface area contributed by atoms with Gasteiger partial charge in [-0.2, -0.15) is 0 Å². The standard InChI is InChI=1S/C18H27N3O4/c1-13(2)25-16-11-14(3-7-19-16)20-17(23)21-8-5-18(6-9-21)12-15(22)4-10-24-18/h3,7,11,13,15,22H,4-6,8-10,12H2,1-2H3,(H,19,20,23). The summed E-state index contributed by atoms with van der Waals surface area (Å²) < 4.78 is 11.5. The normalized spacial score (nSPS) is 22.9. The van der Waals surface area contributed by atoms with Gasteiger partial charge in [-0.15, -0.1) is 0 Å². The molecule has 0 aromatic carbocycles. The molecule has 0 radical (unpaired) electrons. The predicted octanol–water partition coefficient (Wildman–Crippen LogP) is 2.41. The third-order valence-corrected chi connectivity index (χ3v) is 4.77. The zero-order chi connectivity index (χ0) is 17.9. The summed E-state index contributed by atoms with van der Waals surface area (Å²) in [5, 5.41) is 12.8. The lowest BCUT2D eigenvalue weighted by Gasteiger charge is -2.45. The fourth-order valence-electron chi connectivity index (χ4n) is 3.46. The largest absolute Gasteiger partial charge is 0.475 e. The Hall–Kier alpha value is -1.86. The maximum absolute atomic E-state index is 12.5. The number of ether oxygens (including phenoxy) is 2. The Labute approximate surface area is 148 Å². The van der Waals surface area contributed by atoms with Gasteiger partial charge in [0.25, 0.3) is 0 Å². The number of aliphatic hydroxyl groups excluding tert-OH is 1. The topological polar surface area (TPSA) is 83.9 Å². The van der Waals surface area contributed by atoms with E-state index < -0.39 is 0 Å². The van der Waals surface area contributed by atoms with E-state index in [2.05, 4.69) is 10.3 Å². The molecule has 1 unspecified atom stereocenters. The molecule has 3 heterocycles. The van der Waals surface area contributed by atoms with Crippen LogP contribution in [-0.2, 0) is 4.74 Å². The zero-order valence-corrected chi connectivity index (χ0v) is 14.9. The third-order valence-electron chi connectivity index (χ3n) is 4.77. The van der Waals surface area contributed by atoms with Gasteiger partial charge in [-0.3, -0.25) is 0 Å². The van der Waals surface area contributed by atoms with E-state index in [1.165, 1.54) is 0 Å². The number of aliphatic hydroxyl groups is 1. The van der Waals surface area contributed by atoms with Crippen molar-refractivity contribution in [2.45, 2.75) is 57.3 Å². The maximum atomic E-state index is 12.5. The van der Waals surface area contributed by atoms with Crippen LogP contribution in [0.4, 0.5) is 10.5 Å². The molecule has 2 aliphatic rings. The van der Waals surface area contributed by atoms with Crippen LogP contribution in [0, 0.1) is 0 Å². The monoisotopic (exact) mass is 349 g/mol. The number of hydrogen-bond donors (Lipinski definition) is 2. The molecule has 138 valence electrons. The van der Waals surface area contributed by atoms with Gasteiger partial charge in [-0.25, -0.2) is 9.78 Å². The number of urea groups is 1. The number of carbonyl (C=O) groups excluding carboxylic acids is 1. The van der Waals surface area contributed by atoms with E-state index in [1.807, 2.05) is 13.8 Å². The highest BCUT2D eigenvalue weighted by molar-refractivity contribution is 5.89. The van der Waals surface area contributed by atoms with Crippen LogP contribution >= 0.6 is 0 Å². The second-order valence-corrected chi connectivity index (χ2v) is 7.14. The van der Waals surface area contributed by atoms with Crippen molar-refractivity contribution in [1.29, 1.82) is 0 Å². The Morgan fingerprint density at radius 3 is 2.92 bits per heavy atom. The highest BCUT2D eigenvalue weighted by Gasteiger charge is 2.40. The smallest absolute Gasteiger partial charge is 0.321 e. The molecule has 1 spiro atoms. The Morgan fingerprint density at radius 2 is 2.24 bits per heavy atom. The number of nitrogens with zero attached hydrogens (tertiary/aromatic N) is 2. The van der Waals surface area contributed by atoms with Gasteiger partial charge >= 0.3 is 6.03 Å². The van der Waals surface area contributed by atoms with E-state index in [9.17, 15) is 9.90 Å². The van der Waals surface area contributed by atoms with Crippen LogP contribution in [-0.4, -0.2) is 58.5 Å². The summed E-state index contributed by atoms with van der Waals surface area (Å²) in [4.78, 5) is 18.4. The van der Waals surface area contributed by atoms with Crippen molar-refractivity contribution in [1.82, 2.24) is 9.88 Å². The molecule has 2 aliphatic heterocycles. The molecule has 2 amide bonds. The number of likely N-dealkylation sites (tertiary alicyclic amines) is 1. The van der Waals surface area contributed by atoms with E-state index in [0.29, 0.717) is 44.1 Å². The summed E-state index contributed by atoms with van der Waals surface area (Å²) in [6, 6.07) is 3.34. The number of aromatic nitrogens is 1. The number of hydrogen-bond acceptors (Lipinski definition) is 5.